The van der Waals surface area contributed by atoms with Crippen molar-refractivity contribution in [2.45, 2.75) is 32.9 Å². The highest BCUT2D eigenvalue weighted by Crippen LogP contribution is 2.36. The van der Waals surface area contributed by atoms with Crippen LogP contribution in [0, 0.1) is 5.92 Å². The molecule has 4 rings (SSSR count). The van der Waals surface area contributed by atoms with E-state index in [0.29, 0.717) is 24.8 Å². The van der Waals surface area contributed by atoms with E-state index >= 15 is 0 Å². The van der Waals surface area contributed by atoms with Gasteiger partial charge in [0.2, 0.25) is 0 Å². The third kappa shape index (κ3) is 3.45. The van der Waals surface area contributed by atoms with Crippen LogP contribution in [0.1, 0.15) is 35.8 Å². The summed E-state index contributed by atoms with van der Waals surface area (Å²) in [5, 5.41) is 1.01. The molecule has 134 valence electrons. The largest absolute Gasteiger partial charge is 0.487 e. The summed E-state index contributed by atoms with van der Waals surface area (Å²) in [5.41, 5.74) is 2.72. The number of hydrogen-bond acceptors (Lipinski definition) is 3. The molecule has 26 heavy (non-hydrogen) atoms. The molecule has 0 saturated heterocycles. The fourth-order valence-electron chi connectivity index (χ4n) is 3.26. The Hall–Kier alpha value is -2.75. The van der Waals surface area contributed by atoms with Crippen LogP contribution in [0.4, 0.5) is 0 Å². The molecular formula is C22H23NO3. The highest BCUT2D eigenvalue weighted by atomic mass is 16.5. The molecule has 4 nitrogen and oxygen atoms in total. The summed E-state index contributed by atoms with van der Waals surface area (Å²) in [4.78, 5) is 12.4. The molecule has 0 amide bonds. The van der Waals surface area contributed by atoms with Crippen molar-refractivity contribution in [2.24, 2.45) is 5.92 Å². The molecule has 1 aliphatic rings. The maximum Gasteiger partial charge on any atom is 0.354 e. The summed E-state index contributed by atoms with van der Waals surface area (Å²) in [6, 6.07) is 18.0. The molecular weight excluding hydrogens is 326 g/mol. The van der Waals surface area contributed by atoms with Crippen LogP contribution >= 0.6 is 0 Å². The van der Waals surface area contributed by atoms with E-state index in [1.54, 1.807) is 0 Å². The molecule has 1 heterocycles. The van der Waals surface area contributed by atoms with Gasteiger partial charge in [0.05, 0.1) is 12.1 Å². The predicted octanol–water partition coefficient (Wildman–Crippen LogP) is 4.81. The van der Waals surface area contributed by atoms with Crippen LogP contribution in [-0.4, -0.2) is 17.1 Å². The van der Waals surface area contributed by atoms with Crippen LogP contribution in [-0.2, 0) is 17.9 Å². The molecule has 0 bridgehead atoms. The topological polar surface area (TPSA) is 40.5 Å². The summed E-state index contributed by atoms with van der Waals surface area (Å²) >= 11 is 0. The van der Waals surface area contributed by atoms with Crippen molar-refractivity contribution in [1.29, 1.82) is 0 Å². The lowest BCUT2D eigenvalue weighted by Gasteiger charge is -2.13. The van der Waals surface area contributed by atoms with Crippen LogP contribution in [0.25, 0.3) is 10.9 Å². The van der Waals surface area contributed by atoms with Gasteiger partial charge >= 0.3 is 5.97 Å². The van der Waals surface area contributed by atoms with Gasteiger partial charge < -0.3 is 14.0 Å². The molecule has 1 saturated carbocycles. The van der Waals surface area contributed by atoms with Gasteiger partial charge in [-0.2, -0.15) is 0 Å². The Morgan fingerprint density at radius 2 is 1.92 bits per heavy atom. The number of esters is 1. The minimum absolute atomic E-state index is 0.265. The normalized spacial score (nSPS) is 13.7. The number of hydrogen-bond donors (Lipinski definition) is 0. The summed E-state index contributed by atoms with van der Waals surface area (Å²) < 4.78 is 13.5. The number of carbonyl (C=O) groups is 1. The lowest BCUT2D eigenvalue weighted by Crippen LogP contribution is -2.13. The van der Waals surface area contributed by atoms with Gasteiger partial charge in [-0.1, -0.05) is 42.5 Å². The maximum absolute atomic E-state index is 12.4. The van der Waals surface area contributed by atoms with Gasteiger partial charge in [0.25, 0.3) is 0 Å². The SMILES string of the molecule is CCOC(=O)c1cc2cccc(OCc3ccccc3)c2n1CC1CC1. The molecule has 0 unspecified atom stereocenters. The van der Waals surface area contributed by atoms with Crippen molar-refractivity contribution in [2.75, 3.05) is 6.61 Å². The molecule has 4 heteroatoms. The van der Waals surface area contributed by atoms with Gasteiger partial charge in [0, 0.05) is 11.9 Å². The number of aromatic nitrogens is 1. The minimum atomic E-state index is -0.265. The second kappa shape index (κ2) is 7.24. The second-order valence-electron chi connectivity index (χ2n) is 6.77. The van der Waals surface area contributed by atoms with Crippen LogP contribution in [0.2, 0.25) is 0 Å². The Bertz CT molecular complexity index is 910. The van der Waals surface area contributed by atoms with Crippen molar-refractivity contribution >= 4 is 16.9 Å². The van der Waals surface area contributed by atoms with Gasteiger partial charge in [0.1, 0.15) is 18.1 Å². The number of para-hydroxylation sites is 1. The van der Waals surface area contributed by atoms with Crippen LogP contribution in [0.3, 0.4) is 0 Å². The maximum atomic E-state index is 12.4. The van der Waals surface area contributed by atoms with E-state index in [9.17, 15) is 4.79 Å². The first-order valence-electron chi connectivity index (χ1n) is 9.22. The van der Waals surface area contributed by atoms with Crippen molar-refractivity contribution in [3.63, 3.8) is 0 Å². The number of benzene rings is 2. The lowest BCUT2D eigenvalue weighted by molar-refractivity contribution is 0.0514. The predicted molar refractivity (Wildman–Crippen MR) is 101 cm³/mol. The van der Waals surface area contributed by atoms with Crippen LogP contribution in [0.5, 0.6) is 5.75 Å². The van der Waals surface area contributed by atoms with E-state index in [1.165, 1.54) is 12.8 Å². The number of nitrogens with zero attached hydrogens (tertiary/aromatic N) is 1. The molecule has 1 aromatic heterocycles. The first-order chi connectivity index (χ1) is 12.8. The van der Waals surface area contributed by atoms with Crippen molar-refractivity contribution in [3.05, 3.63) is 65.9 Å². The Kier molecular flexibility index (Phi) is 4.65. The first kappa shape index (κ1) is 16.7. The van der Waals surface area contributed by atoms with Crippen molar-refractivity contribution < 1.29 is 14.3 Å². The third-order valence-corrected chi connectivity index (χ3v) is 4.74. The fourth-order valence-corrected chi connectivity index (χ4v) is 3.26. The molecule has 3 aromatic rings. The number of carbonyl (C=O) groups excluding carboxylic acids is 1. The van der Waals surface area contributed by atoms with Crippen LogP contribution < -0.4 is 4.74 Å². The fraction of sp³-hybridized carbons (Fsp3) is 0.318. The van der Waals surface area contributed by atoms with Gasteiger partial charge in [-0.15, -0.1) is 0 Å². The average Bonchev–Trinajstić information content (AvgIpc) is 3.40. The zero-order valence-corrected chi connectivity index (χ0v) is 15.0. The lowest BCUT2D eigenvalue weighted by atomic mass is 10.2. The second-order valence-corrected chi connectivity index (χ2v) is 6.77. The molecule has 1 aliphatic carbocycles. The molecule has 1 fully saturated rings. The van der Waals surface area contributed by atoms with E-state index in [-0.39, 0.29) is 5.97 Å². The van der Waals surface area contributed by atoms with E-state index in [4.69, 9.17) is 9.47 Å². The molecule has 0 atom stereocenters. The zero-order chi connectivity index (χ0) is 17.9. The summed E-state index contributed by atoms with van der Waals surface area (Å²) in [6.45, 7) is 3.55. The van der Waals surface area contributed by atoms with Gasteiger partial charge in [0.15, 0.2) is 0 Å². The zero-order valence-electron chi connectivity index (χ0n) is 15.0. The molecule has 0 spiro atoms. The molecule has 2 aromatic carbocycles. The Morgan fingerprint density at radius 1 is 1.12 bits per heavy atom. The first-order valence-corrected chi connectivity index (χ1v) is 9.22. The quantitative estimate of drug-likeness (QED) is 0.575. The van der Waals surface area contributed by atoms with E-state index in [0.717, 1.165) is 28.8 Å². The smallest absolute Gasteiger partial charge is 0.354 e. The van der Waals surface area contributed by atoms with Gasteiger partial charge in [-0.3, -0.25) is 0 Å². The van der Waals surface area contributed by atoms with Gasteiger partial charge in [-0.25, -0.2) is 4.79 Å². The van der Waals surface area contributed by atoms with E-state index < -0.39 is 0 Å². The molecule has 0 aliphatic heterocycles. The Morgan fingerprint density at radius 3 is 2.65 bits per heavy atom. The minimum Gasteiger partial charge on any atom is -0.487 e. The highest BCUT2D eigenvalue weighted by Gasteiger charge is 2.27. The van der Waals surface area contributed by atoms with Crippen molar-refractivity contribution in [3.8, 4) is 5.75 Å². The number of rotatable bonds is 7. The molecule has 0 radical (unpaired) electrons. The monoisotopic (exact) mass is 349 g/mol. The molecule has 0 N–H and O–H groups in total. The standard InChI is InChI=1S/C22H23NO3/c1-2-25-22(24)19-13-18-9-6-10-20(21(18)23(19)14-16-11-12-16)26-15-17-7-4-3-5-8-17/h3-10,13,16H,2,11-12,14-15H2,1H3. The number of ether oxygens (including phenoxy) is 2. The summed E-state index contributed by atoms with van der Waals surface area (Å²) in [5.74, 6) is 1.18. The summed E-state index contributed by atoms with van der Waals surface area (Å²) in [6.07, 6.45) is 2.43. The third-order valence-electron chi connectivity index (χ3n) is 4.74. The van der Waals surface area contributed by atoms with Gasteiger partial charge in [-0.05, 0) is 43.4 Å². The highest BCUT2D eigenvalue weighted by molar-refractivity contribution is 5.97. The van der Waals surface area contributed by atoms with Crippen LogP contribution in [0.15, 0.2) is 54.6 Å². The average molecular weight is 349 g/mol. The number of fused-ring (bicyclic) bond motifs is 1. The Balaban J connectivity index is 1.71. The van der Waals surface area contributed by atoms with E-state index in [1.807, 2.05) is 61.5 Å². The van der Waals surface area contributed by atoms with Crippen molar-refractivity contribution in [1.82, 2.24) is 4.57 Å². The summed E-state index contributed by atoms with van der Waals surface area (Å²) in [7, 11) is 0. The van der Waals surface area contributed by atoms with E-state index in [2.05, 4.69) is 4.57 Å². The Labute approximate surface area is 153 Å².